The predicted octanol–water partition coefficient (Wildman–Crippen LogP) is 0.979. The van der Waals surface area contributed by atoms with E-state index in [1.54, 1.807) is 6.33 Å². The van der Waals surface area contributed by atoms with Crippen LogP contribution in [0, 0.1) is 5.41 Å². The molecule has 1 heterocycles. The Balaban J connectivity index is 1.94. The van der Waals surface area contributed by atoms with E-state index in [0.717, 1.165) is 31.9 Å². The van der Waals surface area contributed by atoms with Gasteiger partial charge in [-0.05, 0) is 19.3 Å². The van der Waals surface area contributed by atoms with Gasteiger partial charge in [0.1, 0.15) is 12.2 Å². The number of nitrogens with two attached hydrogens (primary N) is 1. The minimum absolute atomic E-state index is 0.260. The SMILES string of the molecule is CCCn1ncnc1CN(CCC(=N)N)C1CC1. The number of amidine groups is 1. The van der Waals surface area contributed by atoms with Crippen molar-refractivity contribution in [2.75, 3.05) is 6.54 Å². The minimum atomic E-state index is 0.260. The van der Waals surface area contributed by atoms with Crippen LogP contribution in [0.2, 0.25) is 0 Å². The molecule has 1 aromatic heterocycles. The Morgan fingerprint density at radius 1 is 1.61 bits per heavy atom. The lowest BCUT2D eigenvalue weighted by Crippen LogP contribution is -2.31. The van der Waals surface area contributed by atoms with Crippen LogP contribution in [-0.2, 0) is 13.1 Å². The molecule has 1 aliphatic carbocycles. The molecule has 0 bridgehead atoms. The molecule has 100 valence electrons. The van der Waals surface area contributed by atoms with Crippen molar-refractivity contribution in [1.29, 1.82) is 5.41 Å². The van der Waals surface area contributed by atoms with Gasteiger partial charge in [0.25, 0.3) is 0 Å². The number of hydrogen-bond acceptors (Lipinski definition) is 4. The summed E-state index contributed by atoms with van der Waals surface area (Å²) < 4.78 is 1.98. The monoisotopic (exact) mass is 250 g/mol. The molecule has 0 radical (unpaired) electrons. The molecular formula is C12H22N6. The highest BCUT2D eigenvalue weighted by atomic mass is 15.4. The van der Waals surface area contributed by atoms with Crippen molar-refractivity contribution in [2.45, 2.75) is 51.7 Å². The molecule has 0 atom stereocenters. The van der Waals surface area contributed by atoms with E-state index in [-0.39, 0.29) is 5.84 Å². The highest BCUT2D eigenvalue weighted by molar-refractivity contribution is 5.76. The van der Waals surface area contributed by atoms with Gasteiger partial charge in [-0.2, -0.15) is 5.10 Å². The van der Waals surface area contributed by atoms with Crippen LogP contribution < -0.4 is 5.73 Å². The maximum absolute atomic E-state index is 7.32. The first-order valence-corrected chi connectivity index (χ1v) is 6.64. The third kappa shape index (κ3) is 3.53. The first kappa shape index (κ1) is 13.0. The van der Waals surface area contributed by atoms with Gasteiger partial charge < -0.3 is 5.73 Å². The molecule has 1 aliphatic rings. The average molecular weight is 250 g/mol. The van der Waals surface area contributed by atoms with Crippen LogP contribution in [0.4, 0.5) is 0 Å². The second kappa shape index (κ2) is 5.95. The van der Waals surface area contributed by atoms with Gasteiger partial charge in [0.05, 0.1) is 12.4 Å². The minimum Gasteiger partial charge on any atom is -0.388 e. The summed E-state index contributed by atoms with van der Waals surface area (Å²) in [5, 5.41) is 11.6. The van der Waals surface area contributed by atoms with E-state index < -0.39 is 0 Å². The third-order valence-corrected chi connectivity index (χ3v) is 3.21. The Morgan fingerprint density at radius 3 is 3.00 bits per heavy atom. The van der Waals surface area contributed by atoms with Crippen molar-refractivity contribution in [1.82, 2.24) is 19.7 Å². The smallest absolute Gasteiger partial charge is 0.141 e. The van der Waals surface area contributed by atoms with Crippen molar-refractivity contribution >= 4 is 5.84 Å². The van der Waals surface area contributed by atoms with E-state index in [1.807, 2.05) is 4.68 Å². The average Bonchev–Trinajstić information content (AvgIpc) is 3.08. The predicted molar refractivity (Wildman–Crippen MR) is 70.3 cm³/mol. The number of rotatable bonds is 8. The molecule has 1 saturated carbocycles. The molecule has 1 fully saturated rings. The Hall–Kier alpha value is -1.43. The fourth-order valence-corrected chi connectivity index (χ4v) is 2.09. The zero-order valence-corrected chi connectivity index (χ0v) is 11.0. The van der Waals surface area contributed by atoms with Crippen LogP contribution in [0.1, 0.15) is 38.4 Å². The van der Waals surface area contributed by atoms with Crippen molar-refractivity contribution < 1.29 is 0 Å². The molecule has 2 rings (SSSR count). The van der Waals surface area contributed by atoms with Crippen molar-refractivity contribution in [3.63, 3.8) is 0 Å². The molecule has 0 unspecified atom stereocenters. The van der Waals surface area contributed by atoms with E-state index >= 15 is 0 Å². The molecular weight excluding hydrogens is 228 g/mol. The van der Waals surface area contributed by atoms with Gasteiger partial charge in [-0.3, -0.25) is 10.3 Å². The molecule has 0 aliphatic heterocycles. The molecule has 0 spiro atoms. The highest BCUT2D eigenvalue weighted by Crippen LogP contribution is 2.28. The lowest BCUT2D eigenvalue weighted by Gasteiger charge is -2.21. The Morgan fingerprint density at radius 2 is 2.39 bits per heavy atom. The first-order valence-electron chi connectivity index (χ1n) is 6.64. The normalized spacial score (nSPS) is 15.2. The topological polar surface area (TPSA) is 83.8 Å². The Kier molecular flexibility index (Phi) is 4.30. The molecule has 0 saturated heterocycles. The lowest BCUT2D eigenvalue weighted by atomic mass is 10.3. The molecule has 0 aromatic carbocycles. The Bertz CT molecular complexity index is 395. The second-order valence-electron chi connectivity index (χ2n) is 4.88. The second-order valence-corrected chi connectivity index (χ2v) is 4.88. The highest BCUT2D eigenvalue weighted by Gasteiger charge is 2.29. The van der Waals surface area contributed by atoms with Crippen LogP contribution in [0.5, 0.6) is 0 Å². The van der Waals surface area contributed by atoms with Crippen LogP contribution in [-0.4, -0.2) is 38.1 Å². The summed E-state index contributed by atoms with van der Waals surface area (Å²) in [6.45, 7) is 4.72. The zero-order valence-electron chi connectivity index (χ0n) is 11.0. The van der Waals surface area contributed by atoms with Gasteiger partial charge in [0.2, 0.25) is 0 Å². The summed E-state index contributed by atoms with van der Waals surface area (Å²) in [7, 11) is 0. The van der Waals surface area contributed by atoms with E-state index in [4.69, 9.17) is 11.1 Å². The molecule has 1 aromatic rings. The van der Waals surface area contributed by atoms with Crippen LogP contribution >= 0.6 is 0 Å². The molecule has 6 heteroatoms. The lowest BCUT2D eigenvalue weighted by molar-refractivity contribution is 0.250. The van der Waals surface area contributed by atoms with Gasteiger partial charge in [0.15, 0.2) is 0 Å². The van der Waals surface area contributed by atoms with Crippen LogP contribution in [0.15, 0.2) is 6.33 Å². The van der Waals surface area contributed by atoms with E-state index in [2.05, 4.69) is 21.9 Å². The van der Waals surface area contributed by atoms with Crippen molar-refractivity contribution in [3.05, 3.63) is 12.2 Å². The van der Waals surface area contributed by atoms with Crippen molar-refractivity contribution in [2.24, 2.45) is 5.73 Å². The van der Waals surface area contributed by atoms with E-state index in [1.165, 1.54) is 12.8 Å². The summed E-state index contributed by atoms with van der Waals surface area (Å²) in [6.07, 6.45) is 5.83. The zero-order chi connectivity index (χ0) is 13.0. The number of aryl methyl sites for hydroxylation is 1. The third-order valence-electron chi connectivity index (χ3n) is 3.21. The van der Waals surface area contributed by atoms with E-state index in [9.17, 15) is 0 Å². The van der Waals surface area contributed by atoms with Gasteiger partial charge in [-0.1, -0.05) is 6.92 Å². The number of nitrogens with zero attached hydrogens (tertiary/aromatic N) is 4. The summed E-state index contributed by atoms with van der Waals surface area (Å²) in [4.78, 5) is 6.71. The number of nitrogens with one attached hydrogen (secondary N) is 1. The fourth-order valence-electron chi connectivity index (χ4n) is 2.09. The summed E-state index contributed by atoms with van der Waals surface area (Å²) in [5.41, 5.74) is 5.44. The maximum atomic E-state index is 7.32. The summed E-state index contributed by atoms with van der Waals surface area (Å²) >= 11 is 0. The number of hydrogen-bond donors (Lipinski definition) is 2. The quantitative estimate of drug-likeness (QED) is 0.532. The number of aromatic nitrogens is 3. The molecule has 6 nitrogen and oxygen atoms in total. The Labute approximate surface area is 108 Å². The largest absolute Gasteiger partial charge is 0.388 e. The first-order chi connectivity index (χ1) is 8.70. The standard InChI is InChI=1S/C12H22N6/c1-2-6-18-12(15-9-16-18)8-17(10-3-4-10)7-5-11(13)14/h9-10H,2-8H2,1H3,(H3,13,14). The maximum Gasteiger partial charge on any atom is 0.141 e. The van der Waals surface area contributed by atoms with E-state index in [0.29, 0.717) is 12.5 Å². The van der Waals surface area contributed by atoms with Gasteiger partial charge >= 0.3 is 0 Å². The van der Waals surface area contributed by atoms with Gasteiger partial charge in [-0.15, -0.1) is 0 Å². The fraction of sp³-hybridized carbons (Fsp3) is 0.750. The summed E-state index contributed by atoms with van der Waals surface area (Å²) in [6, 6.07) is 0.649. The van der Waals surface area contributed by atoms with Crippen LogP contribution in [0.3, 0.4) is 0 Å². The molecule has 0 amide bonds. The van der Waals surface area contributed by atoms with Crippen molar-refractivity contribution in [3.8, 4) is 0 Å². The van der Waals surface area contributed by atoms with Gasteiger partial charge in [0, 0.05) is 25.6 Å². The summed E-state index contributed by atoms with van der Waals surface area (Å²) in [5.74, 6) is 1.28. The molecule has 18 heavy (non-hydrogen) atoms. The van der Waals surface area contributed by atoms with Crippen LogP contribution in [0.25, 0.3) is 0 Å². The van der Waals surface area contributed by atoms with Gasteiger partial charge in [-0.25, -0.2) is 9.67 Å². The molecule has 3 N–H and O–H groups in total.